The molecular weight excluding hydrogens is 391 g/mol. The van der Waals surface area contributed by atoms with Crippen molar-refractivity contribution in [1.82, 2.24) is 4.98 Å². The second kappa shape index (κ2) is 7.93. The number of pyridine rings is 1. The van der Waals surface area contributed by atoms with Gasteiger partial charge in [-0.25, -0.2) is 0 Å². The number of hydrogen-bond donors (Lipinski definition) is 1. The molecule has 1 aliphatic rings. The Kier molecular flexibility index (Phi) is 5.85. The lowest BCUT2D eigenvalue weighted by molar-refractivity contribution is -0.137. The Bertz CT molecular complexity index is 938. The van der Waals surface area contributed by atoms with Crippen LogP contribution in [0.5, 0.6) is 0 Å². The van der Waals surface area contributed by atoms with E-state index >= 15 is 0 Å². The molecule has 0 aliphatic carbocycles. The van der Waals surface area contributed by atoms with Crippen LogP contribution in [0.15, 0.2) is 24.4 Å². The van der Waals surface area contributed by atoms with Gasteiger partial charge in [0.2, 0.25) is 5.91 Å². The summed E-state index contributed by atoms with van der Waals surface area (Å²) in [6, 6.07) is 5.16. The Hall–Kier alpha value is -2.57. The molecule has 7 heteroatoms. The number of benzene rings is 1. The van der Waals surface area contributed by atoms with Crippen LogP contribution in [0.4, 0.5) is 24.5 Å². The highest BCUT2D eigenvalue weighted by molar-refractivity contribution is 5.93. The fourth-order valence-electron chi connectivity index (χ4n) is 3.79. The summed E-state index contributed by atoms with van der Waals surface area (Å²) in [6.45, 7) is 11.0. The molecule has 162 valence electrons. The number of aryl methyl sites for hydroxylation is 2. The van der Waals surface area contributed by atoms with Gasteiger partial charge in [0.25, 0.3) is 0 Å². The quantitative estimate of drug-likeness (QED) is 0.699. The van der Waals surface area contributed by atoms with Gasteiger partial charge in [0.1, 0.15) is 0 Å². The summed E-state index contributed by atoms with van der Waals surface area (Å²) in [5, 5.41) is 3.01. The first-order valence-corrected chi connectivity index (χ1v) is 10.0. The van der Waals surface area contributed by atoms with E-state index in [1.165, 1.54) is 6.07 Å². The molecule has 1 amide bonds. The highest BCUT2D eigenvalue weighted by Crippen LogP contribution is 2.34. The van der Waals surface area contributed by atoms with Crippen LogP contribution in [-0.2, 0) is 23.9 Å². The highest BCUT2D eigenvalue weighted by Gasteiger charge is 2.32. The average molecular weight is 419 g/mol. The maximum atomic E-state index is 13.0. The second-order valence-electron chi connectivity index (χ2n) is 9.24. The third-order valence-electron chi connectivity index (χ3n) is 5.20. The maximum absolute atomic E-state index is 13.0. The fraction of sp³-hybridized carbons (Fsp3) is 0.478. The first kappa shape index (κ1) is 22.1. The predicted molar refractivity (Wildman–Crippen MR) is 113 cm³/mol. The third-order valence-corrected chi connectivity index (χ3v) is 5.20. The zero-order chi connectivity index (χ0) is 22.3. The normalized spacial score (nSPS) is 14.5. The van der Waals surface area contributed by atoms with Crippen LogP contribution in [-0.4, -0.2) is 17.4 Å². The number of halogens is 3. The van der Waals surface area contributed by atoms with Gasteiger partial charge in [-0.05, 0) is 54.2 Å². The number of amides is 1. The van der Waals surface area contributed by atoms with Crippen LogP contribution in [0.1, 0.15) is 55.1 Å². The number of hydrogen-bond acceptors (Lipinski definition) is 3. The summed E-state index contributed by atoms with van der Waals surface area (Å²) < 4.78 is 39.1. The van der Waals surface area contributed by atoms with Gasteiger partial charge in [-0.2, -0.15) is 13.2 Å². The molecule has 1 aliphatic heterocycles. The van der Waals surface area contributed by atoms with Crippen LogP contribution in [0.25, 0.3) is 0 Å². The van der Waals surface area contributed by atoms with Crippen molar-refractivity contribution in [3.8, 4) is 0 Å². The summed E-state index contributed by atoms with van der Waals surface area (Å²) in [5.74, 6) is -0.0286. The lowest BCUT2D eigenvalue weighted by Crippen LogP contribution is -2.31. The van der Waals surface area contributed by atoms with E-state index in [0.717, 1.165) is 34.4 Å². The van der Waals surface area contributed by atoms with Crippen molar-refractivity contribution in [3.63, 3.8) is 0 Å². The molecule has 0 atom stereocenters. The number of fused-ring (bicyclic) bond motifs is 1. The van der Waals surface area contributed by atoms with Gasteiger partial charge in [-0.1, -0.05) is 20.8 Å². The third kappa shape index (κ3) is 5.12. The number of nitrogens with one attached hydrogen (secondary N) is 1. The molecule has 1 aromatic heterocycles. The first-order chi connectivity index (χ1) is 13.8. The largest absolute Gasteiger partial charge is 0.417 e. The average Bonchev–Trinajstić information content (AvgIpc) is 2.61. The Labute approximate surface area is 175 Å². The van der Waals surface area contributed by atoms with E-state index in [2.05, 4.69) is 15.2 Å². The van der Waals surface area contributed by atoms with Crippen LogP contribution >= 0.6 is 0 Å². The number of carbonyl (C=O) groups excluding carboxylic acids is 1. The summed E-state index contributed by atoms with van der Waals surface area (Å²) in [7, 11) is 0. The van der Waals surface area contributed by atoms with Gasteiger partial charge in [0.05, 0.1) is 5.56 Å². The molecular formula is C23H28F3N3O. The van der Waals surface area contributed by atoms with Crippen molar-refractivity contribution < 1.29 is 18.0 Å². The standard InChI is InChI=1S/C23H28F3N3O/c1-14-8-18(9-15(2)21(14)28-20(30)11-22(3,4)5)29-7-6-19-16(13-29)10-17(12-27-19)23(24,25)26/h8-10,12H,6-7,11,13H2,1-5H3,(H,28,30). The molecule has 0 saturated heterocycles. The predicted octanol–water partition coefficient (Wildman–Crippen LogP) is 5.65. The Balaban J connectivity index is 1.82. The lowest BCUT2D eigenvalue weighted by atomic mass is 9.92. The Morgan fingerprint density at radius 1 is 1.13 bits per heavy atom. The number of rotatable bonds is 3. The Morgan fingerprint density at radius 2 is 1.77 bits per heavy atom. The molecule has 4 nitrogen and oxygen atoms in total. The number of aromatic nitrogens is 1. The number of alkyl halides is 3. The summed E-state index contributed by atoms with van der Waals surface area (Å²) in [4.78, 5) is 18.4. The molecule has 2 heterocycles. The van der Waals surface area contributed by atoms with E-state index in [9.17, 15) is 18.0 Å². The molecule has 0 fully saturated rings. The molecule has 1 aromatic carbocycles. The van der Waals surface area contributed by atoms with Gasteiger partial charge < -0.3 is 10.2 Å². The molecule has 0 radical (unpaired) electrons. The smallest absolute Gasteiger partial charge is 0.367 e. The van der Waals surface area contributed by atoms with Crippen LogP contribution in [0.3, 0.4) is 0 Å². The highest BCUT2D eigenvalue weighted by atomic mass is 19.4. The van der Waals surface area contributed by atoms with Crippen molar-refractivity contribution >= 4 is 17.3 Å². The number of carbonyl (C=O) groups is 1. The number of anilines is 2. The van der Waals surface area contributed by atoms with E-state index in [0.29, 0.717) is 31.5 Å². The van der Waals surface area contributed by atoms with E-state index in [1.807, 2.05) is 46.8 Å². The monoisotopic (exact) mass is 419 g/mol. The fourth-order valence-corrected chi connectivity index (χ4v) is 3.79. The van der Waals surface area contributed by atoms with Gasteiger partial charge in [0.15, 0.2) is 0 Å². The minimum atomic E-state index is -4.40. The Morgan fingerprint density at radius 3 is 2.33 bits per heavy atom. The molecule has 30 heavy (non-hydrogen) atoms. The zero-order valence-corrected chi connectivity index (χ0v) is 18.1. The van der Waals surface area contributed by atoms with Crippen molar-refractivity contribution in [2.24, 2.45) is 5.41 Å². The first-order valence-electron chi connectivity index (χ1n) is 10.0. The van der Waals surface area contributed by atoms with Crippen LogP contribution in [0.2, 0.25) is 0 Å². The van der Waals surface area contributed by atoms with Gasteiger partial charge >= 0.3 is 6.18 Å². The summed E-state index contributed by atoms with van der Waals surface area (Å²) in [5.41, 5.74) is 4.10. The van der Waals surface area contributed by atoms with E-state index in [1.54, 1.807) is 0 Å². The summed E-state index contributed by atoms with van der Waals surface area (Å²) in [6.07, 6.45) is -2.47. The van der Waals surface area contributed by atoms with E-state index in [-0.39, 0.29) is 11.3 Å². The lowest BCUT2D eigenvalue weighted by Gasteiger charge is -2.31. The van der Waals surface area contributed by atoms with Crippen molar-refractivity contribution in [2.45, 2.75) is 60.2 Å². The molecule has 0 spiro atoms. The SMILES string of the molecule is Cc1cc(N2CCc3ncc(C(F)(F)F)cc3C2)cc(C)c1NC(=O)CC(C)(C)C. The molecule has 0 bridgehead atoms. The minimum Gasteiger partial charge on any atom is -0.367 e. The van der Waals surface area contributed by atoms with E-state index < -0.39 is 11.7 Å². The van der Waals surface area contributed by atoms with Crippen LogP contribution < -0.4 is 10.2 Å². The van der Waals surface area contributed by atoms with Crippen molar-refractivity contribution in [2.75, 3.05) is 16.8 Å². The summed E-state index contributed by atoms with van der Waals surface area (Å²) >= 11 is 0. The van der Waals surface area contributed by atoms with Gasteiger partial charge in [0, 0.05) is 49.2 Å². The molecule has 0 unspecified atom stereocenters. The molecule has 1 N–H and O–H groups in total. The number of nitrogens with zero attached hydrogens (tertiary/aromatic N) is 2. The molecule has 3 rings (SSSR count). The second-order valence-corrected chi connectivity index (χ2v) is 9.24. The van der Waals surface area contributed by atoms with Crippen molar-refractivity contribution in [3.05, 3.63) is 52.3 Å². The minimum absolute atomic E-state index is 0.0286. The zero-order valence-electron chi connectivity index (χ0n) is 18.1. The topological polar surface area (TPSA) is 45.2 Å². The van der Waals surface area contributed by atoms with Gasteiger partial charge in [-0.15, -0.1) is 0 Å². The molecule has 0 saturated carbocycles. The van der Waals surface area contributed by atoms with Gasteiger partial charge in [-0.3, -0.25) is 9.78 Å². The van der Waals surface area contributed by atoms with Crippen molar-refractivity contribution in [1.29, 1.82) is 0 Å². The van der Waals surface area contributed by atoms with Crippen LogP contribution in [0, 0.1) is 19.3 Å². The maximum Gasteiger partial charge on any atom is 0.417 e. The molecule has 2 aromatic rings. The van der Waals surface area contributed by atoms with E-state index in [4.69, 9.17) is 0 Å².